The summed E-state index contributed by atoms with van der Waals surface area (Å²) in [5.41, 5.74) is 0.154. The molecule has 0 atom stereocenters. The van der Waals surface area contributed by atoms with Crippen molar-refractivity contribution in [3.05, 3.63) is 43.8 Å². The fourth-order valence-corrected chi connectivity index (χ4v) is 3.25. The smallest absolute Gasteiger partial charge is 0.341 e. The second kappa shape index (κ2) is 9.28. The van der Waals surface area contributed by atoms with Crippen LogP contribution in [0.3, 0.4) is 0 Å². The molecule has 0 unspecified atom stereocenters. The Morgan fingerprint density at radius 1 is 0.900 bits per heavy atom. The predicted molar refractivity (Wildman–Crippen MR) is 109 cm³/mol. The van der Waals surface area contributed by atoms with Crippen molar-refractivity contribution in [3.63, 3.8) is 0 Å². The molecule has 10 nitrogen and oxygen atoms in total. The number of hydrogen-bond acceptors (Lipinski definition) is 7. The van der Waals surface area contributed by atoms with Crippen LogP contribution in [0.1, 0.15) is 13.8 Å². The van der Waals surface area contributed by atoms with Gasteiger partial charge >= 0.3 is 17.1 Å². The second-order valence-electron chi connectivity index (χ2n) is 8.57. The lowest BCUT2D eigenvalue weighted by Gasteiger charge is -2.37. The molecule has 2 aliphatic rings. The zero-order valence-corrected chi connectivity index (χ0v) is 17.6. The minimum absolute atomic E-state index is 0.0239. The molecule has 3 rings (SSSR count). The highest BCUT2D eigenvalue weighted by atomic mass is 16.5. The molecule has 0 bridgehead atoms. The highest BCUT2D eigenvalue weighted by Crippen LogP contribution is 2.27. The molecule has 0 radical (unpaired) electrons. The van der Waals surface area contributed by atoms with Crippen LogP contribution in [0.25, 0.3) is 6.20 Å². The van der Waals surface area contributed by atoms with Crippen LogP contribution in [0.4, 0.5) is 0 Å². The molecule has 0 spiro atoms. The maximum Gasteiger partial charge on any atom is 0.341 e. The van der Waals surface area contributed by atoms with Gasteiger partial charge in [-0.15, -0.1) is 5.73 Å². The Bertz CT molecular complexity index is 909. The summed E-state index contributed by atoms with van der Waals surface area (Å²) in [5.74, 6) is 0. The van der Waals surface area contributed by atoms with Crippen molar-refractivity contribution in [2.45, 2.75) is 26.9 Å². The lowest BCUT2D eigenvalue weighted by Crippen LogP contribution is -2.54. The quantitative estimate of drug-likeness (QED) is 0.350. The molecule has 2 fully saturated rings. The van der Waals surface area contributed by atoms with Crippen molar-refractivity contribution < 1.29 is 18.9 Å². The van der Waals surface area contributed by atoms with E-state index in [9.17, 15) is 14.4 Å². The van der Waals surface area contributed by atoms with Crippen molar-refractivity contribution in [2.24, 2.45) is 10.8 Å². The van der Waals surface area contributed by atoms with Crippen molar-refractivity contribution in [1.29, 1.82) is 0 Å². The van der Waals surface area contributed by atoms with Crippen molar-refractivity contribution >= 4 is 6.20 Å². The van der Waals surface area contributed by atoms with E-state index in [0.717, 1.165) is 19.9 Å². The van der Waals surface area contributed by atoms with E-state index >= 15 is 0 Å². The van der Waals surface area contributed by atoms with Gasteiger partial charge in [0.05, 0.1) is 72.1 Å². The second-order valence-corrected chi connectivity index (χ2v) is 8.57. The van der Waals surface area contributed by atoms with Crippen molar-refractivity contribution in [2.75, 3.05) is 52.9 Å². The van der Waals surface area contributed by atoms with Gasteiger partial charge in [-0.25, -0.2) is 28.1 Å². The van der Waals surface area contributed by atoms with Crippen molar-refractivity contribution in [3.8, 4) is 0 Å². The van der Waals surface area contributed by atoms with Gasteiger partial charge in [0.1, 0.15) is 0 Å². The summed E-state index contributed by atoms with van der Waals surface area (Å²) in [6.45, 7) is 11.3. The van der Waals surface area contributed by atoms with E-state index < -0.39 is 17.1 Å². The van der Waals surface area contributed by atoms with E-state index in [2.05, 4.69) is 12.3 Å². The van der Waals surface area contributed by atoms with Gasteiger partial charge < -0.3 is 18.9 Å². The summed E-state index contributed by atoms with van der Waals surface area (Å²) in [4.78, 5) is 38.0. The van der Waals surface area contributed by atoms with Gasteiger partial charge in [0.2, 0.25) is 0 Å². The molecule has 0 aliphatic carbocycles. The molecule has 1 aromatic heterocycles. The zero-order chi connectivity index (χ0) is 21.8. The zero-order valence-electron chi connectivity index (χ0n) is 17.6. The van der Waals surface area contributed by atoms with E-state index in [4.69, 9.17) is 18.9 Å². The molecular weight excluding hydrogens is 394 g/mol. The first-order valence-electron chi connectivity index (χ1n) is 9.92. The van der Waals surface area contributed by atoms with Gasteiger partial charge in [0.25, 0.3) is 0 Å². The lowest BCUT2D eigenvalue weighted by molar-refractivity contribution is -0.138. The summed E-state index contributed by atoms with van der Waals surface area (Å²) >= 11 is 0. The molecule has 10 heteroatoms. The normalized spacial score (nSPS) is 18.9. The van der Waals surface area contributed by atoms with Crippen LogP contribution in [0.2, 0.25) is 0 Å². The molecule has 2 aliphatic heterocycles. The molecule has 2 saturated heterocycles. The first-order chi connectivity index (χ1) is 14.3. The monoisotopic (exact) mass is 423 g/mol. The third-order valence-electron chi connectivity index (χ3n) is 5.18. The predicted octanol–water partition coefficient (Wildman–Crippen LogP) is -0.466. The van der Waals surface area contributed by atoms with E-state index in [1.54, 1.807) is 0 Å². The van der Waals surface area contributed by atoms with Crippen LogP contribution in [-0.2, 0) is 32.0 Å². The third kappa shape index (κ3) is 4.91. The Balaban J connectivity index is 1.70. The number of nitrogens with zero attached hydrogens (tertiary/aromatic N) is 3. The number of ether oxygens (including phenoxy) is 4. The summed E-state index contributed by atoms with van der Waals surface area (Å²) in [6.07, 6.45) is 1.12. The molecule has 3 heterocycles. The Morgan fingerprint density at radius 3 is 1.67 bits per heavy atom. The molecule has 0 N–H and O–H groups in total. The van der Waals surface area contributed by atoms with Crippen LogP contribution in [0.5, 0.6) is 0 Å². The number of aromatic nitrogens is 3. The van der Waals surface area contributed by atoms with Crippen LogP contribution < -0.4 is 17.1 Å². The minimum atomic E-state index is -0.751. The van der Waals surface area contributed by atoms with E-state index in [0.29, 0.717) is 39.6 Å². The van der Waals surface area contributed by atoms with Gasteiger partial charge in [-0.3, -0.25) is 0 Å². The number of rotatable bonds is 11. The molecule has 0 saturated carbocycles. The Hall–Kier alpha value is -2.23. The van der Waals surface area contributed by atoms with Gasteiger partial charge in [-0.1, -0.05) is 20.4 Å². The Kier molecular flexibility index (Phi) is 6.95. The fourth-order valence-electron chi connectivity index (χ4n) is 3.25. The molecular formula is C20H29N3O7. The highest BCUT2D eigenvalue weighted by Gasteiger charge is 2.34. The van der Waals surface area contributed by atoms with Gasteiger partial charge in [0.15, 0.2) is 0 Å². The average Bonchev–Trinajstić information content (AvgIpc) is 2.67. The standard InChI is InChI=1S/C20H29N3O7/c1-4-5-21-16(24)22(6-8-27-10-19(2)12-29-13-19)18(26)23(17(21)25)7-9-28-11-20(3)14-30-15-20/h5H,1,6-15H2,2-3H3. The molecule has 30 heavy (non-hydrogen) atoms. The van der Waals surface area contributed by atoms with E-state index in [-0.39, 0.29) is 37.1 Å². The van der Waals surface area contributed by atoms with Gasteiger partial charge in [-0.05, 0) is 0 Å². The summed E-state index contributed by atoms with van der Waals surface area (Å²) < 4.78 is 24.4. The summed E-state index contributed by atoms with van der Waals surface area (Å²) in [6, 6.07) is 0. The van der Waals surface area contributed by atoms with Crippen molar-refractivity contribution in [1.82, 2.24) is 13.7 Å². The van der Waals surface area contributed by atoms with Gasteiger partial charge in [-0.2, -0.15) is 0 Å². The molecule has 0 aromatic carbocycles. The van der Waals surface area contributed by atoms with Crippen LogP contribution >= 0.6 is 0 Å². The van der Waals surface area contributed by atoms with E-state index in [1.165, 1.54) is 0 Å². The maximum absolute atomic E-state index is 12.8. The molecule has 0 amide bonds. The van der Waals surface area contributed by atoms with Crippen LogP contribution in [-0.4, -0.2) is 66.6 Å². The van der Waals surface area contributed by atoms with Crippen LogP contribution in [0.15, 0.2) is 26.7 Å². The SMILES string of the molecule is C=C=Cn1c(=O)n(CCOCC2(C)COC2)c(=O)n(CCOCC2(C)COC2)c1=O. The van der Waals surface area contributed by atoms with Crippen LogP contribution in [0, 0.1) is 10.8 Å². The largest absolute Gasteiger partial charge is 0.380 e. The van der Waals surface area contributed by atoms with E-state index in [1.807, 2.05) is 13.8 Å². The molecule has 1 aromatic rings. The topological polar surface area (TPSA) is 103 Å². The lowest BCUT2D eigenvalue weighted by atomic mass is 9.90. The van der Waals surface area contributed by atoms with Gasteiger partial charge in [0, 0.05) is 10.8 Å². The first-order valence-corrected chi connectivity index (χ1v) is 9.92. The minimum Gasteiger partial charge on any atom is -0.380 e. The third-order valence-corrected chi connectivity index (χ3v) is 5.18. The highest BCUT2D eigenvalue weighted by molar-refractivity contribution is 5.17. The number of hydrogen-bond donors (Lipinski definition) is 0. The average molecular weight is 423 g/mol. The maximum atomic E-state index is 12.8. The molecule has 166 valence electrons. The summed E-state index contributed by atoms with van der Waals surface area (Å²) in [5, 5.41) is 0. The Labute approximate surface area is 173 Å². The Morgan fingerprint density at radius 2 is 1.33 bits per heavy atom. The summed E-state index contributed by atoms with van der Waals surface area (Å²) in [7, 11) is 0. The fraction of sp³-hybridized carbons (Fsp3) is 0.700. The first kappa shape index (κ1) is 22.5.